The molecule has 2 aliphatic rings. The molecule has 14 rings (SSSR count). The van der Waals surface area contributed by atoms with E-state index >= 15 is 0 Å². The van der Waals surface area contributed by atoms with Gasteiger partial charge in [0.15, 0.2) is 11.4 Å². The van der Waals surface area contributed by atoms with E-state index in [1.54, 1.807) is 0 Å². The molecule has 4 nitrogen and oxygen atoms in total. The van der Waals surface area contributed by atoms with Gasteiger partial charge >= 0.3 is 12.6 Å². The van der Waals surface area contributed by atoms with E-state index in [0.717, 1.165) is 0 Å². The molecule has 0 spiro atoms. The summed E-state index contributed by atoms with van der Waals surface area (Å²) in [6.45, 7) is 27.4. The van der Waals surface area contributed by atoms with E-state index in [1.165, 1.54) is 155 Å². The summed E-state index contributed by atoms with van der Waals surface area (Å²) in [5.74, 6) is 0. The third-order valence-corrected chi connectivity index (χ3v) is 18.4. The van der Waals surface area contributed by atoms with E-state index in [-0.39, 0.29) is 0 Å². The Balaban J connectivity index is 0.000000151. The number of para-hydroxylation sites is 4. The number of rotatable bonds is 6. The average Bonchev–Trinajstić information content (AvgIpc) is 3.16. The SMILES string of the molecule is Cc1cc(C)c([B-]2(c3c(C)cc(C)cc3C)c3c(n(-c4ccccc4)c4ccccc34)-c3cccc[n+]32)c(C)c1.Cc1cc(C)c([B-]2(c3c(C)cc(C)cc3C)c3c(n(-c4ccccc4)c4ccccc34)-c3cccc[n+]32)c(C)c1. The van der Waals surface area contributed by atoms with E-state index in [1.807, 2.05) is 0 Å². The summed E-state index contributed by atoms with van der Waals surface area (Å²) in [5.41, 5.74) is 34.7. The van der Waals surface area contributed by atoms with Crippen molar-refractivity contribution in [3.05, 3.63) is 273 Å². The molecule has 2 aliphatic heterocycles. The number of nitrogens with zero attached hydrogens (tertiary/aromatic N) is 4. The Morgan fingerprint density at radius 2 is 0.537 bits per heavy atom. The average molecular weight is 1040 g/mol. The van der Waals surface area contributed by atoms with Crippen molar-refractivity contribution in [3.8, 4) is 34.2 Å². The van der Waals surface area contributed by atoms with Gasteiger partial charge in [0.2, 0.25) is 0 Å². The van der Waals surface area contributed by atoms with Gasteiger partial charge in [0.25, 0.3) is 0 Å². The van der Waals surface area contributed by atoms with E-state index < -0.39 is 12.6 Å². The standard InChI is InChI=1S/2C37H35BN2/c2*1-24-20-26(3)34(27(4)21-24)38(35-28(5)22-25(2)23-29(35)6)36-31-16-10-11-17-32(31)40(30-14-8-7-9-15-30)37(36)33-18-12-13-19-39(33)38/h2*7-23H,1-6H3. The van der Waals surface area contributed by atoms with Gasteiger partial charge in [-0.25, -0.2) is 0 Å². The predicted molar refractivity (Wildman–Crippen MR) is 341 cm³/mol. The number of hydrogen-bond acceptors (Lipinski definition) is 0. The molecule has 6 heterocycles. The van der Waals surface area contributed by atoms with Crippen molar-refractivity contribution in [2.24, 2.45) is 0 Å². The number of aryl methyl sites for hydroxylation is 12. The molecule has 4 aromatic heterocycles. The van der Waals surface area contributed by atoms with Gasteiger partial charge in [-0.1, -0.05) is 211 Å². The van der Waals surface area contributed by atoms with Crippen LogP contribution in [0.3, 0.4) is 0 Å². The van der Waals surface area contributed by atoms with Crippen molar-refractivity contribution in [2.45, 2.75) is 83.1 Å². The summed E-state index contributed by atoms with van der Waals surface area (Å²) in [6.07, 6.45) is 1.53. The summed E-state index contributed by atoms with van der Waals surface area (Å²) < 4.78 is 10.3. The third-order valence-electron chi connectivity index (χ3n) is 18.4. The number of pyridine rings is 2. The second-order valence-corrected chi connectivity index (χ2v) is 23.8. The van der Waals surface area contributed by atoms with Crippen LogP contribution in [-0.2, 0) is 0 Å². The second kappa shape index (κ2) is 19.0. The van der Waals surface area contributed by atoms with Crippen molar-refractivity contribution in [1.82, 2.24) is 9.13 Å². The van der Waals surface area contributed by atoms with Crippen LogP contribution in [0.25, 0.3) is 56.0 Å². The smallest absolute Gasteiger partial charge is 0.364 e. The lowest BCUT2D eigenvalue weighted by atomic mass is 9.22. The first kappa shape index (κ1) is 50.8. The Bertz CT molecular complexity index is 4010. The maximum atomic E-state index is 2.63. The minimum Gasteiger partial charge on any atom is -0.407 e. The Labute approximate surface area is 473 Å². The fraction of sp³-hybridized carbons (Fsp3) is 0.162. The van der Waals surface area contributed by atoms with E-state index in [0.29, 0.717) is 0 Å². The van der Waals surface area contributed by atoms with E-state index in [9.17, 15) is 0 Å². The monoisotopic (exact) mass is 1040 g/mol. The molecule has 80 heavy (non-hydrogen) atoms. The third kappa shape index (κ3) is 7.23. The maximum Gasteiger partial charge on any atom is 0.364 e. The topological polar surface area (TPSA) is 17.6 Å². The highest BCUT2D eigenvalue weighted by molar-refractivity contribution is 7.09. The molecule has 392 valence electrons. The molecule has 0 amide bonds. The molecule has 0 unspecified atom stereocenters. The van der Waals surface area contributed by atoms with Gasteiger partial charge in [-0.05, 0) is 142 Å². The molecule has 0 saturated heterocycles. The van der Waals surface area contributed by atoms with Crippen LogP contribution in [0.5, 0.6) is 0 Å². The van der Waals surface area contributed by atoms with Gasteiger partial charge in [-0.3, -0.25) is 0 Å². The Kier molecular flexibility index (Phi) is 12.0. The second-order valence-electron chi connectivity index (χ2n) is 23.8. The normalized spacial score (nSPS) is 13.4. The first-order valence-electron chi connectivity index (χ1n) is 28.7. The zero-order valence-electron chi connectivity index (χ0n) is 48.6. The van der Waals surface area contributed by atoms with Crippen LogP contribution < -0.4 is 41.7 Å². The summed E-state index contributed by atoms with van der Waals surface area (Å²) >= 11 is 0. The Hall–Kier alpha value is -8.73. The van der Waals surface area contributed by atoms with E-state index in [4.69, 9.17) is 0 Å². The summed E-state index contributed by atoms with van der Waals surface area (Å²) in [7, 11) is 0. The van der Waals surface area contributed by atoms with Crippen LogP contribution >= 0.6 is 0 Å². The summed E-state index contributed by atoms with van der Waals surface area (Å²) in [6, 6.07) is 72.2. The van der Waals surface area contributed by atoms with Gasteiger partial charge < -0.3 is 18.1 Å². The van der Waals surface area contributed by atoms with Crippen LogP contribution in [0.4, 0.5) is 0 Å². The fourth-order valence-electron chi connectivity index (χ4n) is 16.7. The first-order valence-corrected chi connectivity index (χ1v) is 28.7. The molecular weight excluding hydrogens is 966 g/mol. The highest BCUT2D eigenvalue weighted by Crippen LogP contribution is 2.38. The van der Waals surface area contributed by atoms with Crippen LogP contribution in [0.2, 0.25) is 0 Å². The lowest BCUT2D eigenvalue weighted by Gasteiger charge is -2.38. The maximum absolute atomic E-state index is 2.63. The van der Waals surface area contributed by atoms with Crippen molar-refractivity contribution < 1.29 is 8.96 Å². The lowest BCUT2D eigenvalue weighted by molar-refractivity contribution is -0.524. The van der Waals surface area contributed by atoms with Gasteiger partial charge in [-0.15, -0.1) is 21.9 Å². The summed E-state index contributed by atoms with van der Waals surface area (Å²) in [5, 5.41) is 2.65. The molecule has 0 atom stereocenters. The van der Waals surface area contributed by atoms with E-state index in [2.05, 4.69) is 308 Å². The number of benzene rings is 8. The molecule has 6 heteroatoms. The Morgan fingerprint density at radius 3 is 0.838 bits per heavy atom. The minimum atomic E-state index is -1.57. The Morgan fingerprint density at radius 1 is 0.275 bits per heavy atom. The summed E-state index contributed by atoms with van der Waals surface area (Å²) in [4.78, 5) is 0. The molecule has 0 fully saturated rings. The van der Waals surface area contributed by atoms with Gasteiger partial charge in [-0.2, -0.15) is 0 Å². The molecule has 8 aromatic carbocycles. The quantitative estimate of drug-likeness (QED) is 0.148. The molecule has 0 bridgehead atoms. The molecule has 0 aliphatic carbocycles. The molecule has 0 saturated carbocycles. The zero-order valence-corrected chi connectivity index (χ0v) is 48.6. The molecule has 0 radical (unpaired) electrons. The van der Waals surface area contributed by atoms with Gasteiger partial charge in [0.1, 0.15) is 12.4 Å². The van der Waals surface area contributed by atoms with Crippen LogP contribution in [0.15, 0.2) is 207 Å². The number of aromatic nitrogens is 4. The van der Waals surface area contributed by atoms with Crippen molar-refractivity contribution in [1.29, 1.82) is 0 Å². The highest BCUT2D eigenvalue weighted by atomic mass is 15.1. The largest absolute Gasteiger partial charge is 0.407 e. The fourth-order valence-corrected chi connectivity index (χ4v) is 16.7. The molecular formula is C74H70B2N4. The zero-order chi connectivity index (χ0) is 55.5. The highest BCUT2D eigenvalue weighted by Gasteiger charge is 2.57. The number of fused-ring (bicyclic) bond motifs is 10. The predicted octanol–water partition coefficient (Wildman–Crippen LogP) is 12.5. The van der Waals surface area contributed by atoms with Gasteiger partial charge in [0.05, 0.1) is 22.4 Å². The van der Waals surface area contributed by atoms with Crippen molar-refractivity contribution in [3.63, 3.8) is 0 Å². The van der Waals surface area contributed by atoms with Crippen molar-refractivity contribution in [2.75, 3.05) is 0 Å². The number of hydrogen-bond donors (Lipinski definition) is 0. The van der Waals surface area contributed by atoms with Crippen LogP contribution in [-0.4, -0.2) is 21.7 Å². The first-order chi connectivity index (χ1) is 38.7. The minimum absolute atomic E-state index is 1.19. The lowest BCUT2D eigenvalue weighted by Crippen LogP contribution is -2.84. The van der Waals surface area contributed by atoms with Crippen molar-refractivity contribution >= 4 is 67.1 Å². The van der Waals surface area contributed by atoms with Crippen LogP contribution in [0, 0.1) is 83.1 Å². The molecule has 0 N–H and O–H groups in total. The molecule has 12 aromatic rings. The van der Waals surface area contributed by atoms with Gasteiger partial charge in [0, 0.05) is 23.5 Å². The van der Waals surface area contributed by atoms with Crippen LogP contribution in [0.1, 0.15) is 66.8 Å².